The number of ether oxygens (including phenoxy) is 1. The van der Waals surface area contributed by atoms with Gasteiger partial charge in [-0.2, -0.15) is 0 Å². The van der Waals surface area contributed by atoms with Gasteiger partial charge < -0.3 is 4.74 Å². The van der Waals surface area contributed by atoms with Gasteiger partial charge in [0, 0.05) is 17.7 Å². The minimum Gasteiger partial charge on any atom is -0.492 e. The van der Waals surface area contributed by atoms with E-state index in [0.717, 1.165) is 5.56 Å². The minimum absolute atomic E-state index is 0.0657. The Morgan fingerprint density at radius 2 is 1.66 bits per heavy atom. The number of nitrogens with zero attached hydrogens (tertiary/aromatic N) is 4. The number of aromatic amines is 1. The molecule has 1 heterocycles. The molecule has 0 amide bonds. The van der Waals surface area contributed by atoms with Crippen molar-refractivity contribution in [1.82, 2.24) is 9.78 Å². The quantitative estimate of drug-likeness (QED) is 0.235. The first-order valence-corrected chi connectivity index (χ1v) is 9.87. The Balaban J connectivity index is 1.82. The second-order valence-corrected chi connectivity index (χ2v) is 6.72. The van der Waals surface area contributed by atoms with E-state index in [9.17, 15) is 14.9 Å². The molecule has 0 saturated heterocycles. The van der Waals surface area contributed by atoms with Crippen molar-refractivity contribution >= 4 is 17.1 Å². The van der Waals surface area contributed by atoms with Gasteiger partial charge in [0.15, 0.2) is 5.69 Å². The summed E-state index contributed by atoms with van der Waals surface area (Å²) in [6.07, 6.45) is 0. The van der Waals surface area contributed by atoms with Crippen LogP contribution in [0.1, 0.15) is 6.92 Å². The molecule has 160 valence electrons. The first-order chi connectivity index (χ1) is 15.6. The third-order valence-electron chi connectivity index (χ3n) is 4.67. The summed E-state index contributed by atoms with van der Waals surface area (Å²) in [5.74, 6) is 0.561. The van der Waals surface area contributed by atoms with Crippen molar-refractivity contribution < 1.29 is 9.66 Å². The highest BCUT2D eigenvalue weighted by Crippen LogP contribution is 2.31. The molecule has 0 aliphatic carbocycles. The number of nitro benzene ring substituents is 1. The summed E-state index contributed by atoms with van der Waals surface area (Å²) in [4.78, 5) is 23.7. The minimum atomic E-state index is -0.494. The van der Waals surface area contributed by atoms with Gasteiger partial charge in [0.25, 0.3) is 11.2 Å². The number of H-pyrrole nitrogens is 1. The molecular formula is C23H19N5O4. The van der Waals surface area contributed by atoms with E-state index >= 15 is 0 Å². The zero-order valence-corrected chi connectivity index (χ0v) is 17.1. The average Bonchev–Trinajstić information content (AvgIpc) is 3.15. The van der Waals surface area contributed by atoms with Crippen molar-refractivity contribution in [3.05, 3.63) is 99.3 Å². The predicted octanol–water partition coefficient (Wildman–Crippen LogP) is 5.55. The number of hydrogen-bond acceptors (Lipinski definition) is 6. The van der Waals surface area contributed by atoms with Gasteiger partial charge in [-0.15, -0.1) is 10.2 Å². The summed E-state index contributed by atoms with van der Waals surface area (Å²) >= 11 is 0. The molecule has 3 aromatic carbocycles. The first-order valence-electron chi connectivity index (χ1n) is 9.87. The molecule has 0 saturated carbocycles. The highest BCUT2D eigenvalue weighted by molar-refractivity contribution is 5.72. The largest absolute Gasteiger partial charge is 0.492 e. The van der Waals surface area contributed by atoms with Gasteiger partial charge >= 0.3 is 0 Å². The van der Waals surface area contributed by atoms with Crippen molar-refractivity contribution in [2.24, 2.45) is 10.2 Å². The summed E-state index contributed by atoms with van der Waals surface area (Å²) in [6, 6.07) is 22.1. The van der Waals surface area contributed by atoms with Crippen LogP contribution in [0.3, 0.4) is 0 Å². The zero-order valence-electron chi connectivity index (χ0n) is 17.1. The number of para-hydroxylation sites is 1. The number of rotatable bonds is 7. The number of benzene rings is 3. The monoisotopic (exact) mass is 429 g/mol. The van der Waals surface area contributed by atoms with Crippen LogP contribution in [0.4, 0.5) is 17.1 Å². The van der Waals surface area contributed by atoms with Crippen molar-refractivity contribution in [1.29, 1.82) is 0 Å². The number of hydrogen-bond donors (Lipinski definition) is 1. The third-order valence-corrected chi connectivity index (χ3v) is 4.67. The van der Waals surface area contributed by atoms with E-state index in [4.69, 9.17) is 4.74 Å². The molecule has 4 aromatic rings. The Labute approximate surface area is 182 Å². The van der Waals surface area contributed by atoms with Crippen LogP contribution in [-0.4, -0.2) is 21.3 Å². The lowest BCUT2D eigenvalue weighted by Crippen LogP contribution is -2.13. The Kier molecular flexibility index (Phi) is 5.89. The lowest BCUT2D eigenvalue weighted by molar-refractivity contribution is -0.384. The maximum atomic E-state index is 13.2. The number of non-ortho nitro benzene ring substituents is 1. The fourth-order valence-electron chi connectivity index (χ4n) is 3.15. The van der Waals surface area contributed by atoms with E-state index in [1.807, 2.05) is 43.3 Å². The smallest absolute Gasteiger partial charge is 0.299 e. The molecule has 0 radical (unpaired) electrons. The van der Waals surface area contributed by atoms with Crippen molar-refractivity contribution in [3.8, 4) is 22.7 Å². The van der Waals surface area contributed by atoms with E-state index in [0.29, 0.717) is 29.4 Å². The Morgan fingerprint density at radius 3 is 2.34 bits per heavy atom. The Bertz CT molecular complexity index is 1320. The molecule has 1 aromatic heterocycles. The Hall–Kier alpha value is -4.53. The molecule has 32 heavy (non-hydrogen) atoms. The molecule has 0 fully saturated rings. The third kappa shape index (κ3) is 4.17. The van der Waals surface area contributed by atoms with Crippen LogP contribution in [0, 0.1) is 10.1 Å². The summed E-state index contributed by atoms with van der Waals surface area (Å²) in [7, 11) is 0. The summed E-state index contributed by atoms with van der Waals surface area (Å²) in [6.45, 7) is 2.34. The van der Waals surface area contributed by atoms with Gasteiger partial charge in [-0.1, -0.05) is 42.5 Å². The number of azo groups is 1. The molecule has 4 rings (SSSR count). The average molecular weight is 429 g/mol. The van der Waals surface area contributed by atoms with Gasteiger partial charge in [0.05, 0.1) is 22.9 Å². The molecule has 0 atom stereocenters. The number of aromatic nitrogens is 2. The van der Waals surface area contributed by atoms with Crippen molar-refractivity contribution in [3.63, 3.8) is 0 Å². The van der Waals surface area contributed by atoms with E-state index in [-0.39, 0.29) is 11.4 Å². The highest BCUT2D eigenvalue weighted by atomic mass is 16.6. The van der Waals surface area contributed by atoms with E-state index in [2.05, 4.69) is 15.3 Å². The van der Waals surface area contributed by atoms with Crippen LogP contribution < -0.4 is 10.3 Å². The van der Waals surface area contributed by atoms with Crippen molar-refractivity contribution in [2.75, 3.05) is 6.61 Å². The summed E-state index contributed by atoms with van der Waals surface area (Å²) in [5.41, 5.74) is 1.77. The van der Waals surface area contributed by atoms with E-state index < -0.39 is 10.5 Å². The summed E-state index contributed by atoms with van der Waals surface area (Å²) in [5, 5.41) is 22.5. The van der Waals surface area contributed by atoms with Gasteiger partial charge in [-0.3, -0.25) is 20.0 Å². The summed E-state index contributed by atoms with van der Waals surface area (Å²) < 4.78 is 6.86. The fraction of sp³-hybridized carbons (Fsp3) is 0.0870. The fourth-order valence-corrected chi connectivity index (χ4v) is 3.15. The second-order valence-electron chi connectivity index (χ2n) is 6.72. The van der Waals surface area contributed by atoms with Crippen LogP contribution >= 0.6 is 0 Å². The molecule has 0 spiro atoms. The number of nitrogens with one attached hydrogen (secondary N) is 1. The molecular weight excluding hydrogens is 410 g/mol. The number of nitro groups is 1. The van der Waals surface area contributed by atoms with Gasteiger partial charge in [-0.25, -0.2) is 4.68 Å². The highest BCUT2D eigenvalue weighted by Gasteiger charge is 2.18. The van der Waals surface area contributed by atoms with Crippen molar-refractivity contribution in [2.45, 2.75) is 6.92 Å². The topological polar surface area (TPSA) is 115 Å². The normalized spacial score (nSPS) is 11.0. The molecule has 0 bridgehead atoms. The Morgan fingerprint density at radius 1 is 0.969 bits per heavy atom. The van der Waals surface area contributed by atoms with Gasteiger partial charge in [0.2, 0.25) is 0 Å². The molecule has 9 heteroatoms. The second kappa shape index (κ2) is 9.09. The SMILES string of the molecule is CCOc1ccccc1N=Nc1c(-c2ccccc2)[nH]n(-c2ccc([N+](=O)[O-])cc2)c1=O. The molecule has 1 N–H and O–H groups in total. The molecule has 9 nitrogen and oxygen atoms in total. The van der Waals surface area contributed by atoms with Gasteiger partial charge in [0.1, 0.15) is 11.4 Å². The van der Waals surface area contributed by atoms with Crippen LogP contribution in [0.5, 0.6) is 5.75 Å². The van der Waals surface area contributed by atoms with Crippen LogP contribution in [0.25, 0.3) is 16.9 Å². The standard InChI is InChI=1S/C23H19N5O4/c1-2-32-20-11-7-6-10-19(20)24-25-22-21(16-8-4-3-5-9-16)26-27(23(22)29)17-12-14-18(15-13-17)28(30)31/h3-15,26H,2H2,1H3. The van der Waals surface area contributed by atoms with Crippen LogP contribution in [0.15, 0.2) is 93.9 Å². The lowest BCUT2D eigenvalue weighted by Gasteiger charge is -2.04. The molecule has 0 aliphatic rings. The van der Waals surface area contributed by atoms with E-state index in [1.165, 1.54) is 28.9 Å². The van der Waals surface area contributed by atoms with E-state index in [1.54, 1.807) is 18.2 Å². The molecule has 0 unspecified atom stereocenters. The maximum absolute atomic E-state index is 13.2. The first kappa shape index (κ1) is 20.7. The van der Waals surface area contributed by atoms with Gasteiger partial charge in [-0.05, 0) is 31.2 Å². The maximum Gasteiger partial charge on any atom is 0.299 e. The molecule has 0 aliphatic heterocycles. The van der Waals surface area contributed by atoms with Crippen LogP contribution in [0.2, 0.25) is 0 Å². The van der Waals surface area contributed by atoms with Crippen LogP contribution in [-0.2, 0) is 0 Å². The lowest BCUT2D eigenvalue weighted by atomic mass is 10.1. The zero-order chi connectivity index (χ0) is 22.5. The predicted molar refractivity (Wildman–Crippen MR) is 120 cm³/mol.